The summed E-state index contributed by atoms with van der Waals surface area (Å²) in [4.78, 5) is 26.5. The van der Waals surface area contributed by atoms with Crippen LogP contribution in [0.4, 0.5) is 5.69 Å². The molecule has 3 N–H and O–H groups in total. The van der Waals surface area contributed by atoms with E-state index >= 15 is 0 Å². The number of pyridine rings is 1. The maximum atomic E-state index is 11.4. The Morgan fingerprint density at radius 2 is 1.80 bits per heavy atom. The molecule has 8 nitrogen and oxygen atoms in total. The van der Waals surface area contributed by atoms with Crippen molar-refractivity contribution in [1.82, 2.24) is 25.2 Å². The Bertz CT molecular complexity index is 1460. The minimum absolute atomic E-state index is 0.0251. The number of anilines is 1. The van der Waals surface area contributed by atoms with Crippen molar-refractivity contribution < 1.29 is 9.53 Å². The average Bonchev–Trinajstić information content (AvgIpc) is 3.39. The van der Waals surface area contributed by atoms with Crippen LogP contribution in [-0.4, -0.2) is 66.6 Å². The molecular formula is C30H37ClN6O2Si. The lowest BCUT2D eigenvalue weighted by molar-refractivity contribution is -0.122. The van der Waals surface area contributed by atoms with E-state index < -0.39 is 8.07 Å². The summed E-state index contributed by atoms with van der Waals surface area (Å²) in [5.74, 6) is 1.13. The van der Waals surface area contributed by atoms with Gasteiger partial charge in [-0.05, 0) is 42.7 Å². The molecule has 40 heavy (non-hydrogen) atoms. The van der Waals surface area contributed by atoms with Crippen LogP contribution in [0.5, 0.6) is 5.75 Å². The number of amides is 1. The van der Waals surface area contributed by atoms with Gasteiger partial charge in [-0.3, -0.25) is 9.69 Å². The van der Waals surface area contributed by atoms with Gasteiger partial charge in [0.1, 0.15) is 17.1 Å². The molecule has 3 heterocycles. The highest BCUT2D eigenvalue weighted by atomic mass is 35.5. The molecule has 5 rings (SSSR count). The number of fused-ring (bicyclic) bond motifs is 1. The number of aromatic nitrogens is 3. The first-order valence-electron chi connectivity index (χ1n) is 13.8. The van der Waals surface area contributed by atoms with Crippen LogP contribution in [0.1, 0.15) is 18.4 Å². The summed E-state index contributed by atoms with van der Waals surface area (Å²) in [6.45, 7) is 10.2. The van der Waals surface area contributed by atoms with E-state index in [4.69, 9.17) is 21.3 Å². The van der Waals surface area contributed by atoms with Gasteiger partial charge in [-0.2, -0.15) is 0 Å². The number of imidazole rings is 1. The molecule has 4 aromatic rings. The molecule has 0 spiro atoms. The van der Waals surface area contributed by atoms with E-state index in [2.05, 4.69) is 69.4 Å². The zero-order valence-corrected chi connectivity index (χ0v) is 25.3. The van der Waals surface area contributed by atoms with Gasteiger partial charge in [-0.1, -0.05) is 60.7 Å². The predicted molar refractivity (Wildman–Crippen MR) is 165 cm³/mol. The molecule has 1 aliphatic heterocycles. The maximum absolute atomic E-state index is 11.4. The van der Waals surface area contributed by atoms with E-state index in [9.17, 15) is 4.79 Å². The second-order valence-electron chi connectivity index (χ2n) is 11.4. The highest BCUT2D eigenvalue weighted by molar-refractivity contribution is 6.88. The van der Waals surface area contributed by atoms with Crippen LogP contribution in [0.3, 0.4) is 0 Å². The fourth-order valence-electron chi connectivity index (χ4n) is 4.95. The van der Waals surface area contributed by atoms with Crippen molar-refractivity contribution in [2.24, 2.45) is 0 Å². The third-order valence-electron chi connectivity index (χ3n) is 7.41. The standard InChI is InChI=1S/C30H37ClN6O2Si/c1-32-26(38)19-39-23-9-7-21(8-10-23)29-35-28-27(25(31)17-33-30(28)36-29)34-22-13-15-37(16-14-22)18-20-5-11-24(12-6-20)40(2,3)4/h5-12,17,22H,13-16,18-19H2,1-4H3,(H,32,38)(H2,33,34,35,36). The summed E-state index contributed by atoms with van der Waals surface area (Å²) in [7, 11) is 0.312. The largest absolute Gasteiger partial charge is 0.484 e. The topological polar surface area (TPSA) is 95.2 Å². The van der Waals surface area contributed by atoms with Gasteiger partial charge in [0.25, 0.3) is 5.91 Å². The number of piperidine rings is 1. The fraction of sp³-hybridized carbons (Fsp3) is 0.367. The molecule has 0 atom stereocenters. The fourth-order valence-corrected chi connectivity index (χ4v) is 6.31. The van der Waals surface area contributed by atoms with E-state index in [1.165, 1.54) is 10.8 Å². The van der Waals surface area contributed by atoms with Crippen molar-refractivity contribution in [3.8, 4) is 17.1 Å². The molecule has 1 amide bonds. The molecule has 0 bridgehead atoms. The average molecular weight is 577 g/mol. The van der Waals surface area contributed by atoms with Gasteiger partial charge in [0.15, 0.2) is 12.3 Å². The first-order chi connectivity index (χ1) is 19.2. The monoisotopic (exact) mass is 576 g/mol. The number of nitrogens with zero attached hydrogens (tertiary/aromatic N) is 3. The summed E-state index contributed by atoms with van der Waals surface area (Å²) in [6, 6.07) is 17.0. The number of rotatable bonds is 9. The summed E-state index contributed by atoms with van der Waals surface area (Å²) in [5.41, 5.74) is 4.52. The molecule has 1 aliphatic rings. The molecule has 1 fully saturated rings. The van der Waals surface area contributed by atoms with Crippen LogP contribution >= 0.6 is 11.6 Å². The minimum atomic E-state index is -1.27. The number of nitrogens with one attached hydrogen (secondary N) is 3. The number of likely N-dealkylation sites (tertiary alicyclic amines) is 1. The van der Waals surface area contributed by atoms with Crippen LogP contribution < -0.4 is 20.6 Å². The summed E-state index contributed by atoms with van der Waals surface area (Å²) in [6.07, 6.45) is 3.73. The number of carbonyl (C=O) groups excluding carboxylic acids is 1. The van der Waals surface area contributed by atoms with E-state index in [1.807, 2.05) is 24.3 Å². The quantitative estimate of drug-likeness (QED) is 0.242. The maximum Gasteiger partial charge on any atom is 0.257 e. The Balaban J connectivity index is 1.22. The van der Waals surface area contributed by atoms with Crippen molar-refractivity contribution in [3.05, 3.63) is 65.3 Å². The Hall–Kier alpha value is -3.40. The lowest BCUT2D eigenvalue weighted by atomic mass is 10.0. The number of ether oxygens (including phenoxy) is 1. The van der Waals surface area contributed by atoms with Crippen LogP contribution in [0, 0.1) is 0 Å². The van der Waals surface area contributed by atoms with Crippen LogP contribution in [0.15, 0.2) is 54.7 Å². The normalized spacial score (nSPS) is 14.8. The lowest BCUT2D eigenvalue weighted by Gasteiger charge is -2.33. The molecule has 0 aliphatic carbocycles. The number of halogens is 1. The SMILES string of the molecule is CNC(=O)COc1ccc(-c2nc3ncc(Cl)c(NC4CCN(Cc5ccc([Si](C)(C)C)cc5)CC4)c3[nH]2)cc1. The number of hydrogen-bond donors (Lipinski definition) is 3. The molecule has 1 saturated heterocycles. The van der Waals surface area contributed by atoms with E-state index in [0.717, 1.165) is 49.2 Å². The number of hydrogen-bond acceptors (Lipinski definition) is 6. The molecule has 0 radical (unpaired) electrons. The van der Waals surface area contributed by atoms with Gasteiger partial charge in [0.05, 0.1) is 25.0 Å². The minimum Gasteiger partial charge on any atom is -0.484 e. The lowest BCUT2D eigenvalue weighted by Crippen LogP contribution is -2.39. The third-order valence-corrected chi connectivity index (χ3v) is 9.76. The molecular weight excluding hydrogens is 540 g/mol. The molecule has 0 unspecified atom stereocenters. The molecule has 210 valence electrons. The van der Waals surface area contributed by atoms with E-state index in [0.29, 0.717) is 28.3 Å². The number of benzene rings is 2. The highest BCUT2D eigenvalue weighted by Gasteiger charge is 2.22. The Kier molecular flexibility index (Phi) is 8.44. The van der Waals surface area contributed by atoms with Crippen molar-refractivity contribution in [2.75, 3.05) is 32.1 Å². The van der Waals surface area contributed by atoms with Crippen LogP contribution in [0.2, 0.25) is 24.7 Å². The van der Waals surface area contributed by atoms with Crippen molar-refractivity contribution in [3.63, 3.8) is 0 Å². The second kappa shape index (κ2) is 12.0. The third kappa shape index (κ3) is 6.66. The smallest absolute Gasteiger partial charge is 0.257 e. The number of likely N-dealkylation sites (N-methyl/N-ethyl adjacent to an activating group) is 1. The molecule has 10 heteroatoms. The van der Waals surface area contributed by atoms with Gasteiger partial charge in [0.2, 0.25) is 0 Å². The first-order valence-corrected chi connectivity index (χ1v) is 17.6. The number of carbonyl (C=O) groups is 1. The van der Waals surface area contributed by atoms with Crippen molar-refractivity contribution in [1.29, 1.82) is 0 Å². The predicted octanol–water partition coefficient (Wildman–Crippen LogP) is 5.02. The Morgan fingerprint density at radius 1 is 1.10 bits per heavy atom. The highest BCUT2D eigenvalue weighted by Crippen LogP contribution is 2.32. The molecule has 2 aromatic heterocycles. The first kappa shape index (κ1) is 28.1. The van der Waals surface area contributed by atoms with Crippen molar-refractivity contribution in [2.45, 2.75) is 45.1 Å². The Morgan fingerprint density at radius 3 is 2.45 bits per heavy atom. The summed E-state index contributed by atoms with van der Waals surface area (Å²) >= 11 is 6.62. The van der Waals surface area contributed by atoms with Crippen LogP contribution in [-0.2, 0) is 11.3 Å². The Labute approximate surface area is 241 Å². The molecule has 2 aromatic carbocycles. The molecule has 0 saturated carbocycles. The summed E-state index contributed by atoms with van der Waals surface area (Å²) < 4.78 is 5.50. The van der Waals surface area contributed by atoms with Gasteiger partial charge in [0, 0.05) is 38.3 Å². The van der Waals surface area contributed by atoms with Gasteiger partial charge in [-0.15, -0.1) is 0 Å². The number of H-pyrrole nitrogens is 1. The van der Waals surface area contributed by atoms with Crippen molar-refractivity contribution >= 4 is 47.6 Å². The summed E-state index contributed by atoms with van der Waals surface area (Å²) in [5, 5.41) is 8.30. The van der Waals surface area contributed by atoms with Gasteiger partial charge in [-0.25, -0.2) is 9.97 Å². The van der Waals surface area contributed by atoms with Gasteiger partial charge < -0.3 is 20.4 Å². The zero-order chi connectivity index (χ0) is 28.3. The van der Waals surface area contributed by atoms with Crippen LogP contribution in [0.25, 0.3) is 22.6 Å². The van der Waals surface area contributed by atoms with E-state index in [-0.39, 0.29) is 12.5 Å². The number of aromatic amines is 1. The van der Waals surface area contributed by atoms with E-state index in [1.54, 1.807) is 13.2 Å². The second-order valence-corrected chi connectivity index (χ2v) is 16.9. The zero-order valence-electron chi connectivity index (χ0n) is 23.6. The van der Waals surface area contributed by atoms with Gasteiger partial charge >= 0.3 is 0 Å².